The Hall–Kier alpha value is -2.13. The molecule has 0 aliphatic heterocycles. The van der Waals surface area contributed by atoms with Gasteiger partial charge in [0.25, 0.3) is 0 Å². The van der Waals surface area contributed by atoms with Gasteiger partial charge in [-0.25, -0.2) is 13.1 Å². The van der Waals surface area contributed by atoms with Gasteiger partial charge >= 0.3 is 0 Å². The molecule has 0 aliphatic rings. The molecular formula is C12H18N6O2S. The molecule has 0 spiro atoms. The first-order chi connectivity index (χ1) is 9.85. The minimum absolute atomic E-state index is 0.119. The fourth-order valence-corrected chi connectivity index (χ4v) is 2.70. The lowest BCUT2D eigenvalue weighted by molar-refractivity contribution is 0.588. The molecule has 2 aromatic rings. The minimum Gasteiger partial charge on any atom is -0.397 e. The molecule has 0 aliphatic carbocycles. The second kappa shape index (κ2) is 5.70. The summed E-state index contributed by atoms with van der Waals surface area (Å²) in [6.45, 7) is 1.92. The van der Waals surface area contributed by atoms with Crippen LogP contribution in [-0.4, -0.2) is 30.2 Å². The maximum atomic E-state index is 11.7. The Bertz CT molecular complexity index is 740. The Morgan fingerprint density at radius 3 is 2.62 bits per heavy atom. The standard InChI is InChI=1S/C12H18N6O2S/c1-8(12-17-15-7-18(12)3)16-11-5-4-9(6-10(11)13)21(19,20)14-2/h4-8,14,16H,13H2,1-3H3. The van der Waals surface area contributed by atoms with E-state index in [-0.39, 0.29) is 10.9 Å². The van der Waals surface area contributed by atoms with Crippen LogP contribution in [0.2, 0.25) is 0 Å². The van der Waals surface area contributed by atoms with Crippen LogP contribution in [0.1, 0.15) is 18.8 Å². The number of anilines is 2. The summed E-state index contributed by atoms with van der Waals surface area (Å²) in [5.74, 6) is 0.751. The molecule has 9 heteroatoms. The first-order valence-electron chi connectivity index (χ1n) is 6.28. The summed E-state index contributed by atoms with van der Waals surface area (Å²) in [7, 11) is -0.298. The number of aryl methyl sites for hydroxylation is 1. The highest BCUT2D eigenvalue weighted by Crippen LogP contribution is 2.25. The zero-order valence-electron chi connectivity index (χ0n) is 12.0. The molecule has 114 valence electrons. The van der Waals surface area contributed by atoms with E-state index in [9.17, 15) is 8.42 Å². The van der Waals surface area contributed by atoms with Crippen molar-refractivity contribution in [2.75, 3.05) is 18.1 Å². The van der Waals surface area contributed by atoms with Crippen LogP contribution in [0, 0.1) is 0 Å². The third-order valence-electron chi connectivity index (χ3n) is 3.11. The molecule has 0 fully saturated rings. The Morgan fingerprint density at radius 2 is 2.10 bits per heavy atom. The van der Waals surface area contributed by atoms with Gasteiger partial charge in [-0.2, -0.15) is 0 Å². The predicted octanol–water partition coefficient (Wildman–Crippen LogP) is 0.478. The van der Waals surface area contributed by atoms with Crippen molar-refractivity contribution < 1.29 is 8.42 Å². The smallest absolute Gasteiger partial charge is 0.240 e. The quantitative estimate of drug-likeness (QED) is 0.692. The molecular weight excluding hydrogens is 292 g/mol. The van der Waals surface area contributed by atoms with E-state index in [1.54, 1.807) is 17.0 Å². The molecule has 0 saturated carbocycles. The van der Waals surface area contributed by atoms with Crippen LogP contribution in [0.5, 0.6) is 0 Å². The number of hydrogen-bond acceptors (Lipinski definition) is 6. The van der Waals surface area contributed by atoms with Crippen molar-refractivity contribution in [3.8, 4) is 0 Å². The van der Waals surface area contributed by atoms with Crippen LogP contribution < -0.4 is 15.8 Å². The highest BCUT2D eigenvalue weighted by Gasteiger charge is 2.15. The number of rotatable bonds is 5. The Kier molecular flexibility index (Phi) is 4.14. The van der Waals surface area contributed by atoms with Crippen molar-refractivity contribution in [3.05, 3.63) is 30.4 Å². The van der Waals surface area contributed by atoms with Gasteiger partial charge in [0.15, 0.2) is 5.82 Å². The fourth-order valence-electron chi connectivity index (χ4n) is 1.94. The lowest BCUT2D eigenvalue weighted by Gasteiger charge is -2.16. The van der Waals surface area contributed by atoms with Gasteiger partial charge in [0.1, 0.15) is 6.33 Å². The maximum Gasteiger partial charge on any atom is 0.240 e. The Morgan fingerprint density at radius 1 is 1.38 bits per heavy atom. The summed E-state index contributed by atoms with van der Waals surface area (Å²) >= 11 is 0. The van der Waals surface area contributed by atoms with E-state index in [1.165, 1.54) is 19.2 Å². The number of nitrogens with zero attached hydrogens (tertiary/aromatic N) is 3. The van der Waals surface area contributed by atoms with Crippen molar-refractivity contribution in [2.45, 2.75) is 17.9 Å². The van der Waals surface area contributed by atoms with Crippen molar-refractivity contribution in [2.24, 2.45) is 7.05 Å². The molecule has 1 heterocycles. The third-order valence-corrected chi connectivity index (χ3v) is 4.52. The first kappa shape index (κ1) is 15.3. The molecule has 0 bridgehead atoms. The normalized spacial score (nSPS) is 13.1. The van der Waals surface area contributed by atoms with Gasteiger partial charge in [0.05, 0.1) is 22.3 Å². The Labute approximate surface area is 123 Å². The van der Waals surface area contributed by atoms with E-state index in [1.807, 2.05) is 14.0 Å². The largest absolute Gasteiger partial charge is 0.397 e. The van der Waals surface area contributed by atoms with Crippen LogP contribution in [0.15, 0.2) is 29.4 Å². The zero-order chi connectivity index (χ0) is 15.6. The average molecular weight is 310 g/mol. The van der Waals surface area contributed by atoms with Crippen molar-refractivity contribution in [3.63, 3.8) is 0 Å². The van der Waals surface area contributed by atoms with Crippen LogP contribution in [0.4, 0.5) is 11.4 Å². The molecule has 8 nitrogen and oxygen atoms in total. The molecule has 21 heavy (non-hydrogen) atoms. The summed E-state index contributed by atoms with van der Waals surface area (Å²) in [6.07, 6.45) is 1.61. The molecule has 1 atom stereocenters. The highest BCUT2D eigenvalue weighted by atomic mass is 32.2. The third kappa shape index (κ3) is 3.14. The molecule has 4 N–H and O–H groups in total. The molecule has 2 rings (SSSR count). The highest BCUT2D eigenvalue weighted by molar-refractivity contribution is 7.89. The van der Waals surface area contributed by atoms with Gasteiger partial charge in [0, 0.05) is 7.05 Å². The fraction of sp³-hybridized carbons (Fsp3) is 0.333. The zero-order valence-corrected chi connectivity index (χ0v) is 12.8. The van der Waals surface area contributed by atoms with E-state index in [0.717, 1.165) is 5.82 Å². The Balaban J connectivity index is 2.25. The summed E-state index contributed by atoms with van der Waals surface area (Å²) in [6, 6.07) is 4.42. The van der Waals surface area contributed by atoms with Crippen molar-refractivity contribution in [1.82, 2.24) is 19.5 Å². The van der Waals surface area contributed by atoms with Gasteiger partial charge in [0.2, 0.25) is 10.0 Å². The summed E-state index contributed by atoms with van der Waals surface area (Å²) < 4.78 is 27.5. The van der Waals surface area contributed by atoms with Gasteiger partial charge in [-0.05, 0) is 32.2 Å². The molecule has 0 radical (unpaired) electrons. The van der Waals surface area contributed by atoms with Gasteiger partial charge in [-0.15, -0.1) is 10.2 Å². The number of sulfonamides is 1. The second-order valence-corrected chi connectivity index (χ2v) is 6.51. The van der Waals surface area contributed by atoms with E-state index in [2.05, 4.69) is 20.2 Å². The first-order valence-corrected chi connectivity index (χ1v) is 7.77. The lowest BCUT2D eigenvalue weighted by Crippen LogP contribution is -2.19. The monoisotopic (exact) mass is 310 g/mol. The number of benzene rings is 1. The van der Waals surface area contributed by atoms with Gasteiger partial charge in [-0.1, -0.05) is 0 Å². The van der Waals surface area contributed by atoms with E-state index in [4.69, 9.17) is 5.73 Å². The van der Waals surface area contributed by atoms with E-state index < -0.39 is 10.0 Å². The SMILES string of the molecule is CNS(=O)(=O)c1ccc(NC(C)c2nncn2C)c(N)c1. The number of aromatic nitrogens is 3. The number of hydrogen-bond donors (Lipinski definition) is 3. The number of nitrogens with two attached hydrogens (primary N) is 1. The molecule has 1 aromatic carbocycles. The summed E-state index contributed by atoms with van der Waals surface area (Å²) in [5, 5.41) is 11.0. The van der Waals surface area contributed by atoms with E-state index in [0.29, 0.717) is 11.4 Å². The van der Waals surface area contributed by atoms with Crippen LogP contribution in [0.3, 0.4) is 0 Å². The van der Waals surface area contributed by atoms with Crippen LogP contribution in [-0.2, 0) is 17.1 Å². The molecule has 1 unspecified atom stereocenters. The van der Waals surface area contributed by atoms with Crippen molar-refractivity contribution >= 4 is 21.4 Å². The summed E-state index contributed by atoms with van der Waals surface area (Å²) in [5.41, 5.74) is 6.90. The minimum atomic E-state index is -3.50. The number of nitrogen functional groups attached to an aromatic ring is 1. The van der Waals surface area contributed by atoms with Crippen LogP contribution >= 0.6 is 0 Å². The summed E-state index contributed by atoms with van der Waals surface area (Å²) in [4.78, 5) is 0.124. The molecule has 0 amide bonds. The number of nitrogens with one attached hydrogen (secondary N) is 2. The molecule has 1 aromatic heterocycles. The van der Waals surface area contributed by atoms with E-state index >= 15 is 0 Å². The predicted molar refractivity (Wildman–Crippen MR) is 80.1 cm³/mol. The molecule has 0 saturated heterocycles. The van der Waals surface area contributed by atoms with Gasteiger partial charge in [-0.3, -0.25) is 0 Å². The van der Waals surface area contributed by atoms with Crippen LogP contribution in [0.25, 0.3) is 0 Å². The lowest BCUT2D eigenvalue weighted by atomic mass is 10.2. The van der Waals surface area contributed by atoms with Gasteiger partial charge < -0.3 is 15.6 Å². The topological polar surface area (TPSA) is 115 Å². The second-order valence-electron chi connectivity index (χ2n) is 4.62. The maximum absolute atomic E-state index is 11.7. The average Bonchev–Trinajstić information content (AvgIpc) is 2.87. The van der Waals surface area contributed by atoms with Crippen molar-refractivity contribution in [1.29, 1.82) is 0 Å².